The molecule has 0 bridgehead atoms. The lowest BCUT2D eigenvalue weighted by atomic mass is 9.95. The number of aliphatic hydroxyl groups is 3. The van der Waals surface area contributed by atoms with Crippen molar-refractivity contribution in [1.29, 1.82) is 0 Å². The summed E-state index contributed by atoms with van der Waals surface area (Å²) in [5.41, 5.74) is 3.48. The summed E-state index contributed by atoms with van der Waals surface area (Å²) in [4.78, 5) is 16.2. The molecule has 0 radical (unpaired) electrons. The molecule has 1 aromatic heterocycles. The molecule has 1 fully saturated rings. The third-order valence-corrected chi connectivity index (χ3v) is 6.98. The van der Waals surface area contributed by atoms with Crippen LogP contribution in [0, 0.1) is 0 Å². The van der Waals surface area contributed by atoms with Crippen molar-refractivity contribution >= 4 is 5.82 Å². The van der Waals surface area contributed by atoms with Crippen molar-refractivity contribution in [3.63, 3.8) is 0 Å². The Bertz CT molecular complexity index is 799. The molecule has 5 N–H and O–H groups in total. The number of anilines is 1. The van der Waals surface area contributed by atoms with Gasteiger partial charge in [-0.3, -0.25) is 4.57 Å². The van der Waals surface area contributed by atoms with E-state index in [1.807, 2.05) is 0 Å². The lowest BCUT2D eigenvalue weighted by molar-refractivity contribution is -0.156. The molecule has 8 nitrogen and oxygen atoms in total. The van der Waals surface area contributed by atoms with Crippen LogP contribution in [-0.2, 0) is 10.5 Å². The minimum absolute atomic E-state index is 0.0744. The Morgan fingerprint density at radius 2 is 1.57 bits per heavy atom. The maximum atomic E-state index is 12.5. The van der Waals surface area contributed by atoms with Gasteiger partial charge in [-0.25, -0.2) is 4.79 Å². The SMILES string of the molecule is CCCCCCCCC=CCCCCCCCC[C@@]1(n2ccc(N)nc2=O)O[C@H](CO)[C@@H](O)[C@H]1O. The smallest absolute Gasteiger partial charge is 0.351 e. The van der Waals surface area contributed by atoms with E-state index in [0.29, 0.717) is 12.8 Å². The van der Waals surface area contributed by atoms with Crippen LogP contribution >= 0.6 is 0 Å². The Hall–Kier alpha value is -1.74. The van der Waals surface area contributed by atoms with Crippen molar-refractivity contribution in [2.75, 3.05) is 12.3 Å². The van der Waals surface area contributed by atoms with E-state index >= 15 is 0 Å². The van der Waals surface area contributed by atoms with Crippen LogP contribution in [0.2, 0.25) is 0 Å². The Balaban J connectivity index is 1.68. The first kappa shape index (κ1) is 29.5. The second-order valence-electron chi connectivity index (χ2n) is 9.81. The Labute approximate surface area is 210 Å². The highest BCUT2D eigenvalue weighted by atomic mass is 16.6. The lowest BCUT2D eigenvalue weighted by Crippen LogP contribution is -2.50. The Kier molecular flexibility index (Phi) is 13.6. The Morgan fingerprint density at radius 3 is 2.11 bits per heavy atom. The van der Waals surface area contributed by atoms with E-state index in [4.69, 9.17) is 10.5 Å². The molecule has 0 spiro atoms. The van der Waals surface area contributed by atoms with E-state index in [1.54, 1.807) is 0 Å². The fourth-order valence-electron chi connectivity index (χ4n) is 4.87. The minimum atomic E-state index is -1.47. The third-order valence-electron chi connectivity index (χ3n) is 6.98. The quantitative estimate of drug-likeness (QED) is 0.179. The average molecular weight is 494 g/mol. The van der Waals surface area contributed by atoms with Gasteiger partial charge in [-0.2, -0.15) is 4.98 Å². The number of aromatic nitrogens is 2. The van der Waals surface area contributed by atoms with E-state index in [-0.39, 0.29) is 5.82 Å². The zero-order valence-electron chi connectivity index (χ0n) is 21.5. The number of hydrogen-bond donors (Lipinski definition) is 4. The molecular formula is C27H47N3O5. The predicted octanol–water partition coefficient (Wildman–Crippen LogP) is 4.02. The molecule has 4 atom stereocenters. The topological polar surface area (TPSA) is 131 Å². The van der Waals surface area contributed by atoms with Crippen LogP contribution < -0.4 is 11.4 Å². The van der Waals surface area contributed by atoms with E-state index in [9.17, 15) is 20.1 Å². The first-order chi connectivity index (χ1) is 17.0. The third kappa shape index (κ3) is 9.01. The maximum absolute atomic E-state index is 12.5. The van der Waals surface area contributed by atoms with E-state index in [0.717, 1.165) is 25.7 Å². The molecule has 0 aromatic carbocycles. The van der Waals surface area contributed by atoms with Gasteiger partial charge in [-0.05, 0) is 44.6 Å². The van der Waals surface area contributed by atoms with Crippen molar-refractivity contribution in [3.05, 3.63) is 34.9 Å². The van der Waals surface area contributed by atoms with Crippen LogP contribution in [-0.4, -0.2) is 49.8 Å². The van der Waals surface area contributed by atoms with Crippen molar-refractivity contribution < 1.29 is 20.1 Å². The molecule has 200 valence electrons. The molecular weight excluding hydrogens is 446 g/mol. The molecule has 1 aliphatic heterocycles. The van der Waals surface area contributed by atoms with Crippen LogP contribution in [0.5, 0.6) is 0 Å². The Morgan fingerprint density at radius 1 is 1.00 bits per heavy atom. The van der Waals surface area contributed by atoms with Gasteiger partial charge in [0.25, 0.3) is 0 Å². The predicted molar refractivity (Wildman–Crippen MR) is 139 cm³/mol. The van der Waals surface area contributed by atoms with Crippen LogP contribution in [0.15, 0.2) is 29.2 Å². The van der Waals surface area contributed by atoms with E-state index in [2.05, 4.69) is 24.1 Å². The van der Waals surface area contributed by atoms with Gasteiger partial charge >= 0.3 is 5.69 Å². The second kappa shape index (κ2) is 16.1. The normalized spacial score (nSPS) is 24.5. The first-order valence-corrected chi connectivity index (χ1v) is 13.6. The molecule has 8 heteroatoms. The lowest BCUT2D eigenvalue weighted by Gasteiger charge is -2.34. The molecule has 2 rings (SSSR count). The summed E-state index contributed by atoms with van der Waals surface area (Å²) in [6, 6.07) is 1.46. The number of nitrogens with two attached hydrogens (primary N) is 1. The van der Waals surface area contributed by atoms with Crippen LogP contribution in [0.25, 0.3) is 0 Å². The van der Waals surface area contributed by atoms with Gasteiger partial charge in [0.1, 0.15) is 24.1 Å². The minimum Gasteiger partial charge on any atom is -0.394 e. The van der Waals surface area contributed by atoms with Crippen molar-refractivity contribution in [2.45, 2.75) is 127 Å². The van der Waals surface area contributed by atoms with Gasteiger partial charge in [0.15, 0.2) is 5.72 Å². The number of allylic oxidation sites excluding steroid dienone is 2. The number of nitrogens with zero attached hydrogens (tertiary/aromatic N) is 2. The average Bonchev–Trinajstić information content (AvgIpc) is 3.09. The van der Waals surface area contributed by atoms with Gasteiger partial charge in [0.05, 0.1) is 6.61 Å². The van der Waals surface area contributed by atoms with Crippen molar-refractivity contribution in [2.24, 2.45) is 0 Å². The van der Waals surface area contributed by atoms with Gasteiger partial charge in [0.2, 0.25) is 0 Å². The fourth-order valence-corrected chi connectivity index (χ4v) is 4.87. The standard InChI is InChI=1S/C27H47N3O5/c1-2-3-4-5-6-7-8-9-10-11-12-13-14-15-16-17-19-27(25(33)24(32)22(21-31)35-27)30-20-18-23(28)29-26(30)34/h9-10,18,20,22,24-25,31-33H,2-8,11-17,19,21H2,1H3,(H2,28,29,34)/t22-,24-,25-,27-/m1/s1. The van der Waals surface area contributed by atoms with Gasteiger partial charge in [0, 0.05) is 6.20 Å². The molecule has 1 aromatic rings. The molecule has 1 aliphatic rings. The van der Waals surface area contributed by atoms with Gasteiger partial charge in [-0.15, -0.1) is 0 Å². The summed E-state index contributed by atoms with van der Waals surface area (Å²) in [6.07, 6.45) is 19.3. The van der Waals surface area contributed by atoms with Gasteiger partial charge < -0.3 is 25.8 Å². The maximum Gasteiger partial charge on any atom is 0.351 e. The van der Waals surface area contributed by atoms with E-state index in [1.165, 1.54) is 74.6 Å². The number of ether oxygens (including phenoxy) is 1. The second-order valence-corrected chi connectivity index (χ2v) is 9.81. The first-order valence-electron chi connectivity index (χ1n) is 13.6. The summed E-state index contributed by atoms with van der Waals surface area (Å²) >= 11 is 0. The highest BCUT2D eigenvalue weighted by Crippen LogP contribution is 2.39. The van der Waals surface area contributed by atoms with Crippen molar-refractivity contribution in [1.82, 2.24) is 9.55 Å². The number of rotatable bonds is 18. The highest BCUT2D eigenvalue weighted by Gasteiger charge is 2.55. The van der Waals surface area contributed by atoms with E-state index < -0.39 is 36.3 Å². The monoisotopic (exact) mass is 493 g/mol. The van der Waals surface area contributed by atoms with Crippen molar-refractivity contribution in [3.8, 4) is 0 Å². The zero-order valence-corrected chi connectivity index (χ0v) is 21.5. The number of hydrogen-bond acceptors (Lipinski definition) is 7. The van der Waals surface area contributed by atoms with Crippen LogP contribution in [0.1, 0.15) is 103 Å². The molecule has 0 aliphatic carbocycles. The summed E-state index contributed by atoms with van der Waals surface area (Å²) in [5.74, 6) is 0.0744. The molecule has 0 amide bonds. The largest absolute Gasteiger partial charge is 0.394 e. The number of aliphatic hydroxyl groups excluding tert-OH is 3. The fraction of sp³-hybridized carbons (Fsp3) is 0.778. The highest BCUT2D eigenvalue weighted by molar-refractivity contribution is 5.24. The zero-order chi connectivity index (χ0) is 25.5. The molecule has 0 saturated carbocycles. The number of nitrogen functional groups attached to an aromatic ring is 1. The summed E-state index contributed by atoms with van der Waals surface area (Å²) in [5, 5.41) is 30.6. The molecule has 2 heterocycles. The van der Waals surface area contributed by atoms with Crippen LogP contribution in [0.4, 0.5) is 5.82 Å². The summed E-state index contributed by atoms with van der Waals surface area (Å²) in [6.45, 7) is 1.80. The summed E-state index contributed by atoms with van der Waals surface area (Å²) in [7, 11) is 0. The van der Waals surface area contributed by atoms with Crippen LogP contribution in [0.3, 0.4) is 0 Å². The van der Waals surface area contributed by atoms with Gasteiger partial charge in [-0.1, -0.05) is 76.9 Å². The molecule has 0 unspecified atom stereocenters. The molecule has 35 heavy (non-hydrogen) atoms. The molecule has 1 saturated heterocycles. The number of unbranched alkanes of at least 4 members (excludes halogenated alkanes) is 12. The summed E-state index contributed by atoms with van der Waals surface area (Å²) < 4.78 is 7.08.